The van der Waals surface area contributed by atoms with Crippen LogP contribution >= 0.6 is 19.8 Å². The van der Waals surface area contributed by atoms with Gasteiger partial charge in [0.2, 0.25) is 0 Å². The molecule has 0 bridgehead atoms. The van der Waals surface area contributed by atoms with Gasteiger partial charge in [0.15, 0.2) is 0 Å². The van der Waals surface area contributed by atoms with Gasteiger partial charge in [-0.2, -0.15) is 19.8 Å². The predicted octanol–water partition coefficient (Wildman–Crippen LogP) is 4.36. The molecule has 0 aromatic heterocycles. The molecule has 2 atom stereocenters. The molecule has 0 fully saturated rings. The molecule has 0 amide bonds. The SMILES string of the molecule is CC.CC.CCC1=CC(CC)=NC1.P.P. The van der Waals surface area contributed by atoms with Crippen molar-refractivity contribution in [1.82, 2.24) is 0 Å². The second kappa shape index (κ2) is 19.8. The molecule has 0 N–H and O–H groups in total. The first kappa shape index (κ1) is 24.5. The molecule has 0 aromatic carbocycles. The summed E-state index contributed by atoms with van der Waals surface area (Å²) in [4.78, 5) is 4.33. The Morgan fingerprint density at radius 2 is 1.47 bits per heavy atom. The first-order valence-corrected chi connectivity index (χ1v) is 5.59. The number of hydrogen-bond donors (Lipinski definition) is 0. The van der Waals surface area contributed by atoms with Crippen LogP contribution < -0.4 is 0 Å². The summed E-state index contributed by atoms with van der Waals surface area (Å²) in [6.07, 6.45) is 4.47. The van der Waals surface area contributed by atoms with E-state index in [0.29, 0.717) is 0 Å². The fraction of sp³-hybridized carbons (Fsp3) is 0.750. The van der Waals surface area contributed by atoms with Crippen molar-refractivity contribution >= 4 is 25.5 Å². The van der Waals surface area contributed by atoms with Gasteiger partial charge in [-0.25, -0.2) is 0 Å². The van der Waals surface area contributed by atoms with Crippen LogP contribution in [0, 0.1) is 0 Å². The van der Waals surface area contributed by atoms with E-state index in [0.717, 1.165) is 19.4 Å². The zero-order valence-corrected chi connectivity index (χ0v) is 14.4. The first-order valence-electron chi connectivity index (χ1n) is 5.59. The smallest absolute Gasteiger partial charge is 0.0606 e. The average Bonchev–Trinajstić information content (AvgIpc) is 2.71. The molecule has 1 aliphatic rings. The zero-order chi connectivity index (χ0) is 10.7. The van der Waals surface area contributed by atoms with Gasteiger partial charge in [-0.1, -0.05) is 41.5 Å². The van der Waals surface area contributed by atoms with Gasteiger partial charge in [-0.05, 0) is 24.5 Å². The van der Waals surface area contributed by atoms with Crippen LogP contribution in [-0.2, 0) is 0 Å². The molecular formula is C12H31NP2. The molecule has 1 heterocycles. The third-order valence-corrected chi connectivity index (χ3v) is 1.67. The van der Waals surface area contributed by atoms with Crippen molar-refractivity contribution < 1.29 is 0 Å². The monoisotopic (exact) mass is 251 g/mol. The second-order valence-electron chi connectivity index (χ2n) is 2.32. The minimum absolute atomic E-state index is 0. The molecule has 1 nitrogen and oxygen atoms in total. The standard InChI is InChI=1S/C8H13N.2C2H6.2H3P/c1-3-7-5-8(4-2)9-6-7;2*1-2;;/h5H,3-4,6H2,1-2H3;2*1-2H3;2*1H3. The minimum Gasteiger partial charge on any atom is -0.285 e. The third kappa shape index (κ3) is 12.2. The van der Waals surface area contributed by atoms with Crippen molar-refractivity contribution in [2.75, 3.05) is 6.54 Å². The molecule has 0 aromatic rings. The number of rotatable bonds is 2. The molecule has 0 radical (unpaired) electrons. The fourth-order valence-electron chi connectivity index (χ4n) is 0.958. The van der Waals surface area contributed by atoms with E-state index < -0.39 is 0 Å². The number of allylic oxidation sites excluding steroid dienone is 1. The normalized spacial score (nSPS) is 11.3. The summed E-state index contributed by atoms with van der Waals surface area (Å²) in [5.41, 5.74) is 2.75. The van der Waals surface area contributed by atoms with Gasteiger partial charge in [0.1, 0.15) is 0 Å². The molecule has 2 unspecified atom stereocenters. The quantitative estimate of drug-likeness (QED) is 0.647. The van der Waals surface area contributed by atoms with E-state index in [1.807, 2.05) is 27.7 Å². The van der Waals surface area contributed by atoms with Crippen molar-refractivity contribution in [3.63, 3.8) is 0 Å². The van der Waals surface area contributed by atoms with Gasteiger partial charge in [-0.3, -0.25) is 4.99 Å². The van der Waals surface area contributed by atoms with E-state index in [4.69, 9.17) is 0 Å². The number of nitrogens with zero attached hydrogens (tertiary/aromatic N) is 1. The maximum Gasteiger partial charge on any atom is 0.0606 e. The lowest BCUT2D eigenvalue weighted by Gasteiger charge is -1.87. The predicted molar refractivity (Wildman–Crippen MR) is 85.9 cm³/mol. The van der Waals surface area contributed by atoms with Crippen LogP contribution in [-0.4, -0.2) is 12.3 Å². The van der Waals surface area contributed by atoms with E-state index in [1.165, 1.54) is 11.3 Å². The maximum atomic E-state index is 4.33. The number of hydrogen-bond acceptors (Lipinski definition) is 1. The molecule has 0 saturated carbocycles. The summed E-state index contributed by atoms with van der Waals surface area (Å²) in [6, 6.07) is 0. The Morgan fingerprint density at radius 3 is 1.67 bits per heavy atom. The summed E-state index contributed by atoms with van der Waals surface area (Å²) in [7, 11) is 0. The Hall–Kier alpha value is 0.270. The molecule has 0 spiro atoms. The highest BCUT2D eigenvalue weighted by Crippen LogP contribution is 2.09. The highest BCUT2D eigenvalue weighted by Gasteiger charge is 2.02. The summed E-state index contributed by atoms with van der Waals surface area (Å²) in [6.45, 7) is 13.3. The Bertz CT molecular complexity index is 163. The summed E-state index contributed by atoms with van der Waals surface area (Å²) in [5, 5.41) is 0. The molecule has 1 aliphatic heterocycles. The van der Waals surface area contributed by atoms with E-state index in [-0.39, 0.29) is 19.8 Å². The molecule has 15 heavy (non-hydrogen) atoms. The molecule has 1 rings (SSSR count). The van der Waals surface area contributed by atoms with Crippen molar-refractivity contribution in [3.05, 3.63) is 11.6 Å². The number of aliphatic imine (C=N–C) groups is 1. The van der Waals surface area contributed by atoms with Crippen LogP contribution in [0.2, 0.25) is 0 Å². The zero-order valence-electron chi connectivity index (χ0n) is 11.6. The minimum atomic E-state index is 0. The highest BCUT2D eigenvalue weighted by atomic mass is 31.0. The van der Waals surface area contributed by atoms with Crippen molar-refractivity contribution in [3.8, 4) is 0 Å². The first-order chi connectivity index (χ1) is 6.36. The van der Waals surface area contributed by atoms with Crippen molar-refractivity contribution in [2.24, 2.45) is 4.99 Å². The Balaban J connectivity index is -0.0000000910. The topological polar surface area (TPSA) is 12.4 Å². The fourth-order valence-corrected chi connectivity index (χ4v) is 0.958. The molecule has 3 heteroatoms. The van der Waals surface area contributed by atoms with Crippen LogP contribution in [0.25, 0.3) is 0 Å². The van der Waals surface area contributed by atoms with Crippen LogP contribution in [0.1, 0.15) is 54.4 Å². The highest BCUT2D eigenvalue weighted by molar-refractivity contribution is 6.92. The van der Waals surface area contributed by atoms with Gasteiger partial charge in [0, 0.05) is 5.71 Å². The average molecular weight is 251 g/mol. The van der Waals surface area contributed by atoms with Crippen LogP contribution in [0.15, 0.2) is 16.6 Å². The lowest BCUT2D eigenvalue weighted by Crippen LogP contribution is -1.83. The van der Waals surface area contributed by atoms with Gasteiger partial charge < -0.3 is 0 Å². The largest absolute Gasteiger partial charge is 0.285 e. The van der Waals surface area contributed by atoms with Crippen LogP contribution in [0.4, 0.5) is 0 Å². The summed E-state index contributed by atoms with van der Waals surface area (Å²) in [5.74, 6) is 0. The van der Waals surface area contributed by atoms with E-state index >= 15 is 0 Å². The van der Waals surface area contributed by atoms with Crippen LogP contribution in [0.3, 0.4) is 0 Å². The third-order valence-electron chi connectivity index (χ3n) is 1.67. The van der Waals surface area contributed by atoms with Gasteiger partial charge in [0.05, 0.1) is 6.54 Å². The van der Waals surface area contributed by atoms with Crippen molar-refractivity contribution in [2.45, 2.75) is 54.4 Å². The van der Waals surface area contributed by atoms with Gasteiger partial charge >= 0.3 is 0 Å². The summed E-state index contributed by atoms with van der Waals surface area (Å²) >= 11 is 0. The van der Waals surface area contributed by atoms with Gasteiger partial charge in [-0.15, -0.1) is 0 Å². The molecular weight excluding hydrogens is 220 g/mol. The lowest BCUT2D eigenvalue weighted by atomic mass is 10.2. The maximum absolute atomic E-state index is 4.33. The summed E-state index contributed by atoms with van der Waals surface area (Å²) < 4.78 is 0. The second-order valence-corrected chi connectivity index (χ2v) is 2.32. The van der Waals surface area contributed by atoms with E-state index in [2.05, 4.69) is 24.9 Å². The molecule has 0 aliphatic carbocycles. The molecule has 0 saturated heterocycles. The lowest BCUT2D eigenvalue weighted by molar-refractivity contribution is 1.03. The van der Waals surface area contributed by atoms with Crippen molar-refractivity contribution in [1.29, 1.82) is 0 Å². The Morgan fingerprint density at radius 1 is 1.00 bits per heavy atom. The van der Waals surface area contributed by atoms with E-state index in [9.17, 15) is 0 Å². The van der Waals surface area contributed by atoms with E-state index in [1.54, 1.807) is 0 Å². The Kier molecular flexibility index (Phi) is 32.3. The Labute approximate surface area is 103 Å². The van der Waals surface area contributed by atoms with Gasteiger partial charge in [0.25, 0.3) is 0 Å². The molecule has 94 valence electrons. The van der Waals surface area contributed by atoms with Crippen LogP contribution in [0.5, 0.6) is 0 Å².